The van der Waals surface area contributed by atoms with Gasteiger partial charge in [0, 0.05) is 42.9 Å². The zero-order valence-electron chi connectivity index (χ0n) is 14.4. The SMILES string of the molecule is C[C@H]1CCN(c2ccc(C(=N)/C=C(\N)CNc3cccnc3)cn2)C1. The van der Waals surface area contributed by atoms with Crippen molar-refractivity contribution in [3.05, 3.63) is 60.2 Å². The Bertz CT molecular complexity index is 738. The minimum Gasteiger partial charge on any atom is -0.401 e. The molecule has 0 aliphatic carbocycles. The highest BCUT2D eigenvalue weighted by Gasteiger charge is 2.19. The fraction of sp³-hybridized carbons (Fsp3) is 0.316. The molecule has 4 N–H and O–H groups in total. The fourth-order valence-corrected chi connectivity index (χ4v) is 2.87. The average molecular weight is 336 g/mol. The summed E-state index contributed by atoms with van der Waals surface area (Å²) < 4.78 is 0. The smallest absolute Gasteiger partial charge is 0.128 e. The molecule has 25 heavy (non-hydrogen) atoms. The first-order valence-electron chi connectivity index (χ1n) is 8.51. The average Bonchev–Trinajstić information content (AvgIpc) is 3.07. The number of nitrogens with zero attached hydrogens (tertiary/aromatic N) is 3. The molecule has 1 aliphatic rings. The lowest BCUT2D eigenvalue weighted by molar-refractivity contribution is 0.659. The van der Waals surface area contributed by atoms with Gasteiger partial charge in [-0.3, -0.25) is 4.98 Å². The van der Waals surface area contributed by atoms with Gasteiger partial charge in [0.05, 0.1) is 17.9 Å². The Balaban J connectivity index is 1.58. The first-order chi connectivity index (χ1) is 12.1. The molecule has 0 saturated carbocycles. The lowest BCUT2D eigenvalue weighted by Crippen LogP contribution is -2.20. The van der Waals surface area contributed by atoms with E-state index in [1.54, 1.807) is 24.7 Å². The monoisotopic (exact) mass is 336 g/mol. The van der Waals surface area contributed by atoms with Gasteiger partial charge in [0.2, 0.25) is 0 Å². The van der Waals surface area contributed by atoms with Crippen LogP contribution in [-0.2, 0) is 0 Å². The van der Waals surface area contributed by atoms with Crippen LogP contribution in [0.4, 0.5) is 11.5 Å². The highest BCUT2D eigenvalue weighted by molar-refractivity contribution is 6.06. The number of hydrogen-bond donors (Lipinski definition) is 3. The Hall–Kier alpha value is -2.89. The lowest BCUT2D eigenvalue weighted by atomic mass is 10.1. The van der Waals surface area contributed by atoms with E-state index in [4.69, 9.17) is 11.1 Å². The predicted molar refractivity (Wildman–Crippen MR) is 102 cm³/mol. The summed E-state index contributed by atoms with van der Waals surface area (Å²) in [5.74, 6) is 1.70. The molecule has 1 fully saturated rings. The minimum atomic E-state index is 0.360. The number of hydrogen-bond acceptors (Lipinski definition) is 6. The first-order valence-corrected chi connectivity index (χ1v) is 8.51. The van der Waals surface area contributed by atoms with Gasteiger partial charge in [-0.25, -0.2) is 4.98 Å². The van der Waals surface area contributed by atoms with Crippen LogP contribution in [0.1, 0.15) is 18.9 Å². The summed E-state index contributed by atoms with van der Waals surface area (Å²) in [4.78, 5) is 10.8. The molecular weight excluding hydrogens is 312 g/mol. The Kier molecular flexibility index (Phi) is 5.28. The summed E-state index contributed by atoms with van der Waals surface area (Å²) in [6.45, 7) is 4.83. The topological polar surface area (TPSA) is 90.9 Å². The predicted octanol–water partition coefficient (Wildman–Crippen LogP) is 2.65. The number of allylic oxidation sites excluding steroid dienone is 1. The molecule has 6 nitrogen and oxygen atoms in total. The number of nitrogens with one attached hydrogen (secondary N) is 2. The highest BCUT2D eigenvalue weighted by atomic mass is 15.2. The van der Waals surface area contributed by atoms with Gasteiger partial charge in [0.25, 0.3) is 0 Å². The van der Waals surface area contributed by atoms with Crippen LogP contribution in [0.5, 0.6) is 0 Å². The number of aromatic nitrogens is 2. The molecule has 0 bridgehead atoms. The van der Waals surface area contributed by atoms with E-state index < -0.39 is 0 Å². The van der Waals surface area contributed by atoms with E-state index in [1.165, 1.54) is 6.42 Å². The summed E-state index contributed by atoms with van der Waals surface area (Å²) >= 11 is 0. The van der Waals surface area contributed by atoms with Crippen molar-refractivity contribution in [3.63, 3.8) is 0 Å². The van der Waals surface area contributed by atoms with Crippen molar-refractivity contribution in [2.45, 2.75) is 13.3 Å². The molecule has 2 aromatic rings. The largest absolute Gasteiger partial charge is 0.401 e. The van der Waals surface area contributed by atoms with Crippen molar-refractivity contribution in [2.24, 2.45) is 11.7 Å². The van der Waals surface area contributed by atoms with Gasteiger partial charge in [0.1, 0.15) is 5.82 Å². The van der Waals surface area contributed by atoms with Crippen LogP contribution in [0.3, 0.4) is 0 Å². The van der Waals surface area contributed by atoms with Crippen molar-refractivity contribution >= 4 is 17.2 Å². The summed E-state index contributed by atoms with van der Waals surface area (Å²) in [6, 6.07) is 7.71. The maximum Gasteiger partial charge on any atom is 0.128 e. The molecule has 6 heteroatoms. The summed E-state index contributed by atoms with van der Waals surface area (Å²) in [6.07, 6.45) is 8.08. The van der Waals surface area contributed by atoms with Gasteiger partial charge >= 0.3 is 0 Å². The van der Waals surface area contributed by atoms with E-state index >= 15 is 0 Å². The minimum absolute atomic E-state index is 0.360. The van der Waals surface area contributed by atoms with Gasteiger partial charge in [-0.2, -0.15) is 0 Å². The van der Waals surface area contributed by atoms with Crippen molar-refractivity contribution < 1.29 is 0 Å². The van der Waals surface area contributed by atoms with E-state index in [1.807, 2.05) is 24.3 Å². The Morgan fingerprint density at radius 3 is 2.92 bits per heavy atom. The van der Waals surface area contributed by atoms with Crippen LogP contribution < -0.4 is 16.0 Å². The Morgan fingerprint density at radius 2 is 2.28 bits per heavy atom. The maximum absolute atomic E-state index is 8.20. The second kappa shape index (κ2) is 7.79. The van der Waals surface area contributed by atoms with Gasteiger partial charge in [0.15, 0.2) is 0 Å². The van der Waals surface area contributed by atoms with Crippen molar-refractivity contribution in [1.29, 1.82) is 5.41 Å². The van der Waals surface area contributed by atoms with Crippen LogP contribution in [0.15, 0.2) is 54.6 Å². The third-order valence-corrected chi connectivity index (χ3v) is 4.29. The van der Waals surface area contributed by atoms with Crippen molar-refractivity contribution in [1.82, 2.24) is 9.97 Å². The maximum atomic E-state index is 8.20. The first kappa shape index (κ1) is 17.0. The Morgan fingerprint density at radius 1 is 1.40 bits per heavy atom. The van der Waals surface area contributed by atoms with Crippen LogP contribution in [0, 0.1) is 11.3 Å². The van der Waals surface area contributed by atoms with Crippen LogP contribution in [0.2, 0.25) is 0 Å². The molecule has 2 aromatic heterocycles. The van der Waals surface area contributed by atoms with Gasteiger partial charge in [-0.05, 0) is 42.7 Å². The third-order valence-electron chi connectivity index (χ3n) is 4.29. The van der Waals surface area contributed by atoms with E-state index in [0.717, 1.165) is 36.1 Å². The number of nitrogens with two attached hydrogens (primary N) is 1. The zero-order chi connectivity index (χ0) is 17.6. The molecule has 130 valence electrons. The van der Waals surface area contributed by atoms with E-state index in [9.17, 15) is 0 Å². The molecule has 3 heterocycles. The summed E-state index contributed by atoms with van der Waals surface area (Å²) in [5.41, 5.74) is 8.63. The molecule has 0 aromatic carbocycles. The molecule has 0 unspecified atom stereocenters. The van der Waals surface area contributed by atoms with Crippen LogP contribution in [0.25, 0.3) is 0 Å². The lowest BCUT2D eigenvalue weighted by Gasteiger charge is -2.16. The highest BCUT2D eigenvalue weighted by Crippen LogP contribution is 2.21. The van der Waals surface area contributed by atoms with Gasteiger partial charge in [-0.15, -0.1) is 0 Å². The van der Waals surface area contributed by atoms with Crippen molar-refractivity contribution in [3.8, 4) is 0 Å². The third kappa shape index (κ3) is 4.56. The summed E-state index contributed by atoms with van der Waals surface area (Å²) in [5, 5.41) is 11.4. The molecule has 3 rings (SSSR count). The zero-order valence-corrected chi connectivity index (χ0v) is 14.4. The fourth-order valence-electron chi connectivity index (χ4n) is 2.87. The number of pyridine rings is 2. The normalized spacial score (nSPS) is 17.6. The van der Waals surface area contributed by atoms with E-state index in [2.05, 4.69) is 27.1 Å². The number of anilines is 2. The van der Waals surface area contributed by atoms with Crippen LogP contribution in [-0.4, -0.2) is 35.3 Å². The quantitative estimate of drug-likeness (QED) is 0.706. The molecular formula is C19H24N6. The van der Waals surface area contributed by atoms with E-state index in [-0.39, 0.29) is 0 Å². The number of rotatable bonds is 6. The summed E-state index contributed by atoms with van der Waals surface area (Å²) in [7, 11) is 0. The molecule has 1 atom stereocenters. The molecule has 0 amide bonds. The Labute approximate surface area is 148 Å². The van der Waals surface area contributed by atoms with Crippen LogP contribution >= 0.6 is 0 Å². The molecule has 1 saturated heterocycles. The van der Waals surface area contributed by atoms with Crippen molar-refractivity contribution in [2.75, 3.05) is 29.9 Å². The second-order valence-electron chi connectivity index (χ2n) is 6.47. The molecule has 0 spiro atoms. The van der Waals surface area contributed by atoms with Gasteiger partial charge in [-0.1, -0.05) is 6.92 Å². The van der Waals surface area contributed by atoms with Gasteiger partial charge < -0.3 is 21.4 Å². The molecule has 1 aliphatic heterocycles. The molecule has 0 radical (unpaired) electrons. The second-order valence-corrected chi connectivity index (χ2v) is 6.47. The van der Waals surface area contributed by atoms with E-state index in [0.29, 0.717) is 18.0 Å². The standard InChI is InChI=1S/C19H24N6/c1-14-6-8-25(13-14)19-5-4-15(10-24-19)18(21)9-16(20)11-23-17-3-2-7-22-12-17/h2-5,7,9-10,12,14,21,23H,6,8,11,13,20H2,1H3/b16-9-,21-18?/t14-/m0/s1.